The number of alkyl halides is 3. The molecule has 0 unspecified atom stereocenters. The van der Waals surface area contributed by atoms with Gasteiger partial charge in [0.25, 0.3) is 0 Å². The number of benzene rings is 1. The van der Waals surface area contributed by atoms with E-state index in [1.807, 2.05) is 0 Å². The molecule has 5 rings (SSSR count). The molecule has 31 heavy (non-hydrogen) atoms. The van der Waals surface area contributed by atoms with E-state index < -0.39 is 23.6 Å². The summed E-state index contributed by atoms with van der Waals surface area (Å²) < 4.78 is 50.3. The average Bonchev–Trinajstić information content (AvgIpc) is 3.48. The number of ether oxygens (including phenoxy) is 2. The monoisotopic (exact) mass is 437 g/mol. The van der Waals surface area contributed by atoms with E-state index in [2.05, 4.69) is 15.5 Å². The van der Waals surface area contributed by atoms with Gasteiger partial charge in [0.1, 0.15) is 11.4 Å². The molecule has 1 aromatic carbocycles. The molecular weight excluding hydrogens is 415 g/mol. The third kappa shape index (κ3) is 3.83. The number of fused-ring (bicyclic) bond motifs is 1. The summed E-state index contributed by atoms with van der Waals surface area (Å²) in [4.78, 5) is 0. The Hall–Kier alpha value is -2.43. The van der Waals surface area contributed by atoms with Crippen molar-refractivity contribution in [2.24, 2.45) is 0 Å². The Balaban J connectivity index is 1.54. The average molecular weight is 437 g/mol. The highest BCUT2D eigenvalue weighted by atomic mass is 19.4. The van der Waals surface area contributed by atoms with Crippen LogP contribution in [0.1, 0.15) is 36.0 Å². The van der Waals surface area contributed by atoms with E-state index >= 15 is 0 Å². The van der Waals surface area contributed by atoms with Gasteiger partial charge in [0, 0.05) is 24.2 Å². The van der Waals surface area contributed by atoms with Gasteiger partial charge in [-0.05, 0) is 43.0 Å². The lowest BCUT2D eigenvalue weighted by atomic mass is 9.92. The van der Waals surface area contributed by atoms with Gasteiger partial charge in [0.2, 0.25) is 0 Å². The molecule has 0 radical (unpaired) electrons. The Morgan fingerprint density at radius 3 is 2.65 bits per heavy atom. The summed E-state index contributed by atoms with van der Waals surface area (Å²) in [6.45, 7) is 1.02. The highest BCUT2D eigenvalue weighted by Gasteiger charge is 2.48. The lowest BCUT2D eigenvalue weighted by molar-refractivity contribution is -0.137. The maximum Gasteiger partial charge on any atom is 0.416 e. The summed E-state index contributed by atoms with van der Waals surface area (Å²) in [6.07, 6.45) is -2.30. The number of rotatable bonds is 3. The SMILES string of the molecule is Oc1cc(C(F)(F)F)ccc1-c1nnc(N[C@@H]2CCOC[C@H]2O)c2c1CC1(CC1)OC2. The van der Waals surface area contributed by atoms with Crippen LogP contribution in [0.25, 0.3) is 11.3 Å². The van der Waals surface area contributed by atoms with Crippen molar-refractivity contribution in [3.63, 3.8) is 0 Å². The summed E-state index contributed by atoms with van der Waals surface area (Å²) >= 11 is 0. The van der Waals surface area contributed by atoms with E-state index in [4.69, 9.17) is 9.47 Å². The number of nitrogens with one attached hydrogen (secondary N) is 1. The van der Waals surface area contributed by atoms with Crippen molar-refractivity contribution in [1.29, 1.82) is 0 Å². The standard InChI is InChI=1S/C21H22F3N3O4/c22-21(23,24)11-1-2-12(16(28)7-11)18-13-8-20(4-5-20)31-9-14(13)19(27-26-18)25-15-3-6-30-10-17(15)29/h1-2,7,15,17,28-29H,3-6,8-10H2,(H,25,27)/t15-,17-/m1/s1. The van der Waals surface area contributed by atoms with Gasteiger partial charge in [0.15, 0.2) is 5.82 Å². The number of hydrogen-bond donors (Lipinski definition) is 3. The predicted octanol–water partition coefficient (Wildman–Crippen LogP) is 3.04. The normalized spacial score (nSPS) is 24.6. The Kier molecular flexibility index (Phi) is 4.83. The van der Waals surface area contributed by atoms with E-state index in [0.29, 0.717) is 37.0 Å². The van der Waals surface area contributed by atoms with E-state index in [1.165, 1.54) is 6.07 Å². The van der Waals surface area contributed by atoms with Gasteiger partial charge >= 0.3 is 6.18 Å². The predicted molar refractivity (Wildman–Crippen MR) is 103 cm³/mol. The van der Waals surface area contributed by atoms with Gasteiger partial charge in [0.05, 0.1) is 36.5 Å². The number of anilines is 1. The summed E-state index contributed by atoms with van der Waals surface area (Å²) in [7, 11) is 0. The highest BCUT2D eigenvalue weighted by molar-refractivity contribution is 5.73. The summed E-state index contributed by atoms with van der Waals surface area (Å²) in [5.41, 5.74) is 0.908. The van der Waals surface area contributed by atoms with Crippen LogP contribution in [0.3, 0.4) is 0 Å². The second-order valence-electron chi connectivity index (χ2n) is 8.41. The summed E-state index contributed by atoms with van der Waals surface area (Å²) in [5, 5.41) is 32.3. The van der Waals surface area contributed by atoms with Crippen molar-refractivity contribution < 1.29 is 32.9 Å². The number of aromatic nitrogens is 2. The van der Waals surface area contributed by atoms with E-state index in [1.54, 1.807) is 0 Å². The topological polar surface area (TPSA) is 96.7 Å². The molecule has 2 fully saturated rings. The van der Waals surface area contributed by atoms with Gasteiger partial charge in [-0.1, -0.05) is 0 Å². The minimum atomic E-state index is -4.55. The smallest absolute Gasteiger partial charge is 0.416 e. The minimum Gasteiger partial charge on any atom is -0.507 e. The number of hydrogen-bond acceptors (Lipinski definition) is 7. The van der Waals surface area contributed by atoms with Crippen molar-refractivity contribution in [3.05, 3.63) is 34.9 Å². The molecule has 166 valence electrons. The van der Waals surface area contributed by atoms with E-state index in [-0.39, 0.29) is 30.4 Å². The first-order valence-electron chi connectivity index (χ1n) is 10.2. The maximum absolute atomic E-state index is 13.0. The molecule has 2 atom stereocenters. The molecule has 1 spiro atoms. The molecule has 1 aromatic heterocycles. The second kappa shape index (κ2) is 7.32. The van der Waals surface area contributed by atoms with Crippen LogP contribution in [0.5, 0.6) is 5.75 Å². The maximum atomic E-state index is 13.0. The van der Waals surface area contributed by atoms with Crippen molar-refractivity contribution in [1.82, 2.24) is 10.2 Å². The fourth-order valence-electron chi connectivity index (χ4n) is 4.22. The Labute approximate surface area is 176 Å². The number of aromatic hydroxyl groups is 1. The molecular formula is C21H22F3N3O4. The van der Waals surface area contributed by atoms with Crippen molar-refractivity contribution in [3.8, 4) is 17.0 Å². The second-order valence-corrected chi connectivity index (χ2v) is 8.41. The van der Waals surface area contributed by atoms with Crippen LogP contribution in [0.2, 0.25) is 0 Å². The fourth-order valence-corrected chi connectivity index (χ4v) is 4.22. The number of halogens is 3. The van der Waals surface area contributed by atoms with Gasteiger partial charge in [-0.3, -0.25) is 0 Å². The lowest BCUT2D eigenvalue weighted by Gasteiger charge is -2.32. The molecule has 7 nitrogen and oxygen atoms in total. The van der Waals surface area contributed by atoms with E-state index in [0.717, 1.165) is 30.0 Å². The third-order valence-electron chi connectivity index (χ3n) is 6.24. The molecule has 2 aliphatic heterocycles. The zero-order valence-corrected chi connectivity index (χ0v) is 16.6. The Bertz CT molecular complexity index is 1010. The van der Waals surface area contributed by atoms with Crippen LogP contribution in [0, 0.1) is 0 Å². The number of phenols is 1. The molecule has 0 amide bonds. The van der Waals surface area contributed by atoms with Gasteiger partial charge in [-0.2, -0.15) is 13.2 Å². The number of aliphatic hydroxyl groups is 1. The number of nitrogens with zero attached hydrogens (tertiary/aromatic N) is 2. The van der Waals surface area contributed by atoms with Crippen LogP contribution in [0.4, 0.5) is 19.0 Å². The summed E-state index contributed by atoms with van der Waals surface area (Å²) in [6, 6.07) is 2.61. The molecule has 1 saturated carbocycles. The molecule has 3 aliphatic rings. The number of phenolic OH excluding ortho intramolecular Hbond substituents is 1. The highest BCUT2D eigenvalue weighted by Crippen LogP contribution is 2.49. The molecule has 1 saturated heterocycles. The first-order chi connectivity index (χ1) is 14.8. The zero-order chi connectivity index (χ0) is 21.8. The van der Waals surface area contributed by atoms with Crippen molar-refractivity contribution in [2.45, 2.75) is 56.2 Å². The largest absolute Gasteiger partial charge is 0.507 e. The lowest BCUT2D eigenvalue weighted by Crippen LogP contribution is -2.42. The summed E-state index contributed by atoms with van der Waals surface area (Å²) in [5.74, 6) is -0.0187. The van der Waals surface area contributed by atoms with Crippen LogP contribution in [-0.2, 0) is 28.7 Å². The number of aliphatic hydroxyl groups excluding tert-OH is 1. The third-order valence-corrected chi connectivity index (χ3v) is 6.24. The molecule has 2 aromatic rings. The van der Waals surface area contributed by atoms with Crippen LogP contribution in [0.15, 0.2) is 18.2 Å². The van der Waals surface area contributed by atoms with Crippen LogP contribution < -0.4 is 5.32 Å². The van der Waals surface area contributed by atoms with Gasteiger partial charge in [-0.15, -0.1) is 10.2 Å². The first-order valence-corrected chi connectivity index (χ1v) is 10.2. The van der Waals surface area contributed by atoms with Crippen molar-refractivity contribution >= 4 is 5.82 Å². The minimum absolute atomic E-state index is 0.201. The molecule has 3 heterocycles. The first kappa shape index (κ1) is 20.5. The Morgan fingerprint density at radius 1 is 1.16 bits per heavy atom. The Morgan fingerprint density at radius 2 is 1.97 bits per heavy atom. The molecule has 0 bridgehead atoms. The zero-order valence-electron chi connectivity index (χ0n) is 16.6. The molecule has 1 aliphatic carbocycles. The van der Waals surface area contributed by atoms with Crippen molar-refractivity contribution in [2.75, 3.05) is 18.5 Å². The fraction of sp³-hybridized carbons (Fsp3) is 0.524. The van der Waals surface area contributed by atoms with E-state index in [9.17, 15) is 23.4 Å². The molecule has 3 N–H and O–H groups in total. The molecule has 10 heteroatoms. The van der Waals surface area contributed by atoms with Crippen LogP contribution >= 0.6 is 0 Å². The van der Waals surface area contributed by atoms with Crippen LogP contribution in [-0.4, -0.2) is 51.4 Å². The quantitative estimate of drug-likeness (QED) is 0.679. The van der Waals surface area contributed by atoms with Gasteiger partial charge < -0.3 is 25.0 Å². The van der Waals surface area contributed by atoms with Gasteiger partial charge in [-0.25, -0.2) is 0 Å².